The minimum Gasteiger partial charge on any atom is -0.466 e. The Labute approximate surface area is 255 Å². The fraction of sp³-hybridized carbons (Fsp3) is 0.405. The predicted octanol–water partition coefficient (Wildman–Crippen LogP) is 7.57. The van der Waals surface area contributed by atoms with Crippen LogP contribution in [0.15, 0.2) is 96.6 Å². The van der Waals surface area contributed by atoms with Gasteiger partial charge >= 0.3 is 11.9 Å². The van der Waals surface area contributed by atoms with Gasteiger partial charge in [-0.2, -0.15) is 0 Å². The van der Waals surface area contributed by atoms with Gasteiger partial charge in [0, 0.05) is 18.8 Å². The van der Waals surface area contributed by atoms with E-state index in [1.807, 2.05) is 67.6 Å². The first kappa shape index (κ1) is 30.7. The standard InChI is InChI=1S/C37H42O6/c1-2-22-41-36(38)15-9-12-28-16-21-32-33(26-40-24-27-10-5-3-6-11-27)35(23-34(32)42-25-28)43-37(39)31-19-17-30(18-20-31)29-13-7-4-8-14-29/h3-8,10-11,13-14,16-20,32-35H,2,9,12,15,21-26H2,1H3. The van der Waals surface area contributed by atoms with Crippen LogP contribution in [0, 0.1) is 11.8 Å². The number of carbonyl (C=O) groups excluding carboxylic acids is 2. The third-order valence-electron chi connectivity index (χ3n) is 8.39. The molecule has 0 bridgehead atoms. The van der Waals surface area contributed by atoms with Crippen molar-refractivity contribution in [1.29, 1.82) is 0 Å². The number of benzene rings is 3. The smallest absolute Gasteiger partial charge is 0.338 e. The van der Waals surface area contributed by atoms with E-state index < -0.39 is 0 Å². The quantitative estimate of drug-likeness (QED) is 0.153. The van der Waals surface area contributed by atoms with Gasteiger partial charge in [-0.1, -0.05) is 85.8 Å². The van der Waals surface area contributed by atoms with Crippen molar-refractivity contribution in [3.63, 3.8) is 0 Å². The van der Waals surface area contributed by atoms with Crippen LogP contribution in [-0.2, 0) is 30.3 Å². The third kappa shape index (κ3) is 8.65. The summed E-state index contributed by atoms with van der Waals surface area (Å²) in [5.74, 6) is -0.258. The molecule has 4 unspecified atom stereocenters. The molecule has 43 heavy (non-hydrogen) atoms. The van der Waals surface area contributed by atoms with Gasteiger partial charge in [0.1, 0.15) is 6.10 Å². The molecule has 1 saturated carbocycles. The van der Waals surface area contributed by atoms with Crippen LogP contribution < -0.4 is 0 Å². The molecule has 1 fully saturated rings. The summed E-state index contributed by atoms with van der Waals surface area (Å²) in [4.78, 5) is 25.2. The maximum atomic E-state index is 13.3. The lowest BCUT2D eigenvalue weighted by molar-refractivity contribution is -0.143. The molecule has 4 atom stereocenters. The maximum Gasteiger partial charge on any atom is 0.338 e. The Hall–Kier alpha value is -3.74. The van der Waals surface area contributed by atoms with Crippen molar-refractivity contribution >= 4 is 11.9 Å². The van der Waals surface area contributed by atoms with E-state index in [0.29, 0.717) is 44.8 Å². The Kier molecular flexibility index (Phi) is 11.2. The van der Waals surface area contributed by atoms with E-state index in [0.717, 1.165) is 42.4 Å². The molecule has 1 heterocycles. The molecule has 6 heteroatoms. The first-order chi connectivity index (χ1) is 21.1. The zero-order valence-electron chi connectivity index (χ0n) is 25.0. The fourth-order valence-electron chi connectivity index (χ4n) is 6.03. The van der Waals surface area contributed by atoms with Gasteiger partial charge in [-0.3, -0.25) is 4.79 Å². The largest absolute Gasteiger partial charge is 0.466 e. The number of hydrogen-bond donors (Lipinski definition) is 0. The topological polar surface area (TPSA) is 71.1 Å². The van der Waals surface area contributed by atoms with Crippen LogP contribution >= 0.6 is 0 Å². The summed E-state index contributed by atoms with van der Waals surface area (Å²) in [6, 6.07) is 27.8. The molecule has 1 aliphatic carbocycles. The minimum absolute atomic E-state index is 0.0147. The van der Waals surface area contributed by atoms with Crippen molar-refractivity contribution in [3.05, 3.63) is 108 Å². The molecule has 0 N–H and O–H groups in total. The van der Waals surface area contributed by atoms with Gasteiger partial charge in [0.2, 0.25) is 0 Å². The summed E-state index contributed by atoms with van der Waals surface area (Å²) in [7, 11) is 0. The molecule has 3 aromatic rings. The fourth-order valence-corrected chi connectivity index (χ4v) is 6.03. The summed E-state index contributed by atoms with van der Waals surface area (Å²) in [6.07, 6.45) is 6.24. The zero-order valence-corrected chi connectivity index (χ0v) is 25.0. The molecule has 226 valence electrons. The summed E-state index contributed by atoms with van der Waals surface area (Å²) in [5, 5.41) is 0. The lowest BCUT2D eigenvalue weighted by Gasteiger charge is -2.25. The van der Waals surface area contributed by atoms with E-state index in [-0.39, 0.29) is 36.0 Å². The van der Waals surface area contributed by atoms with Crippen molar-refractivity contribution in [3.8, 4) is 11.1 Å². The van der Waals surface area contributed by atoms with Crippen molar-refractivity contribution < 1.29 is 28.5 Å². The number of ether oxygens (including phenoxy) is 4. The number of allylic oxidation sites excluding steroid dienone is 1. The molecule has 0 spiro atoms. The van der Waals surface area contributed by atoms with Crippen LogP contribution in [0.2, 0.25) is 0 Å². The number of hydrogen-bond acceptors (Lipinski definition) is 6. The van der Waals surface area contributed by atoms with Gasteiger partial charge in [0.25, 0.3) is 0 Å². The van der Waals surface area contributed by atoms with Gasteiger partial charge in [-0.25, -0.2) is 4.79 Å². The van der Waals surface area contributed by atoms with Crippen molar-refractivity contribution in [2.75, 3.05) is 19.8 Å². The average Bonchev–Trinajstić information content (AvgIpc) is 3.23. The summed E-state index contributed by atoms with van der Waals surface area (Å²) in [5.41, 5.74) is 5.03. The first-order valence-corrected chi connectivity index (χ1v) is 15.5. The van der Waals surface area contributed by atoms with Crippen LogP contribution in [0.25, 0.3) is 11.1 Å². The van der Waals surface area contributed by atoms with Gasteiger partial charge < -0.3 is 18.9 Å². The molecule has 0 saturated heterocycles. The summed E-state index contributed by atoms with van der Waals surface area (Å²) in [6.45, 7) is 3.99. The van der Waals surface area contributed by atoms with Gasteiger partial charge in [0.05, 0.1) is 38.1 Å². The zero-order chi connectivity index (χ0) is 29.9. The minimum atomic E-state index is -0.319. The van der Waals surface area contributed by atoms with E-state index in [4.69, 9.17) is 18.9 Å². The van der Waals surface area contributed by atoms with Gasteiger partial charge in [0.15, 0.2) is 0 Å². The van der Waals surface area contributed by atoms with Crippen LogP contribution in [0.4, 0.5) is 0 Å². The third-order valence-corrected chi connectivity index (χ3v) is 8.39. The van der Waals surface area contributed by atoms with E-state index >= 15 is 0 Å². The van der Waals surface area contributed by atoms with Crippen molar-refractivity contribution in [1.82, 2.24) is 0 Å². The lowest BCUT2D eigenvalue weighted by atomic mass is 9.90. The number of carbonyl (C=O) groups is 2. The average molecular weight is 583 g/mol. The lowest BCUT2D eigenvalue weighted by Crippen LogP contribution is -2.30. The number of rotatable bonds is 13. The predicted molar refractivity (Wildman–Crippen MR) is 166 cm³/mol. The molecular formula is C37H42O6. The van der Waals surface area contributed by atoms with Gasteiger partial charge in [-0.15, -0.1) is 0 Å². The van der Waals surface area contributed by atoms with Crippen LogP contribution in [-0.4, -0.2) is 44.0 Å². The monoisotopic (exact) mass is 582 g/mol. The van der Waals surface area contributed by atoms with Gasteiger partial charge in [-0.05, 0) is 66.0 Å². The van der Waals surface area contributed by atoms with E-state index in [1.54, 1.807) is 0 Å². The van der Waals surface area contributed by atoms with Crippen LogP contribution in [0.5, 0.6) is 0 Å². The van der Waals surface area contributed by atoms with Crippen molar-refractivity contribution in [2.45, 2.75) is 64.3 Å². The normalized spacial score (nSPS) is 21.4. The molecule has 0 radical (unpaired) electrons. The maximum absolute atomic E-state index is 13.3. The second-order valence-corrected chi connectivity index (χ2v) is 11.5. The SMILES string of the molecule is CCCOC(=O)CCCC1=CCC2C(CC(OC(=O)c3ccc(-c4ccccc4)cc3)C2COCc2ccccc2)OC1. The highest BCUT2D eigenvalue weighted by Gasteiger charge is 2.46. The van der Waals surface area contributed by atoms with Crippen LogP contribution in [0.3, 0.4) is 0 Å². The molecule has 5 rings (SSSR count). The summed E-state index contributed by atoms with van der Waals surface area (Å²) >= 11 is 0. The highest BCUT2D eigenvalue weighted by Crippen LogP contribution is 2.41. The Balaban J connectivity index is 1.22. The molecular weight excluding hydrogens is 540 g/mol. The highest BCUT2D eigenvalue weighted by atomic mass is 16.6. The Morgan fingerprint density at radius 1 is 0.907 bits per heavy atom. The molecule has 1 aliphatic heterocycles. The van der Waals surface area contributed by atoms with E-state index in [9.17, 15) is 9.59 Å². The molecule has 2 aliphatic rings. The first-order valence-electron chi connectivity index (χ1n) is 15.5. The molecule has 0 aromatic heterocycles. The Morgan fingerprint density at radius 2 is 1.63 bits per heavy atom. The molecule has 3 aromatic carbocycles. The van der Waals surface area contributed by atoms with Crippen LogP contribution in [0.1, 0.15) is 61.4 Å². The molecule has 6 nitrogen and oxygen atoms in total. The number of esters is 2. The Bertz CT molecular complexity index is 1330. The number of fused-ring (bicyclic) bond motifs is 1. The van der Waals surface area contributed by atoms with Crippen molar-refractivity contribution in [2.24, 2.45) is 11.8 Å². The van der Waals surface area contributed by atoms with E-state index in [2.05, 4.69) is 30.3 Å². The Morgan fingerprint density at radius 3 is 2.37 bits per heavy atom. The molecule has 0 amide bonds. The second-order valence-electron chi connectivity index (χ2n) is 11.5. The van der Waals surface area contributed by atoms with E-state index in [1.165, 1.54) is 5.57 Å². The highest BCUT2D eigenvalue weighted by molar-refractivity contribution is 5.90. The summed E-state index contributed by atoms with van der Waals surface area (Å²) < 4.78 is 24.0. The second kappa shape index (κ2) is 15.6.